The summed E-state index contributed by atoms with van der Waals surface area (Å²) >= 11 is 9.30. The summed E-state index contributed by atoms with van der Waals surface area (Å²) in [6.07, 6.45) is 1.98. The van der Waals surface area contributed by atoms with Gasteiger partial charge < -0.3 is 10.1 Å². The van der Waals surface area contributed by atoms with Crippen LogP contribution in [0.15, 0.2) is 46.9 Å². The molecule has 0 aromatic heterocycles. The molecule has 0 aliphatic carbocycles. The van der Waals surface area contributed by atoms with Crippen LogP contribution in [-0.4, -0.2) is 19.6 Å². The summed E-state index contributed by atoms with van der Waals surface area (Å²) in [7, 11) is 1.63. The predicted octanol–water partition coefficient (Wildman–Crippen LogP) is 4.40. The van der Waals surface area contributed by atoms with Gasteiger partial charge in [0.1, 0.15) is 5.75 Å². The highest BCUT2D eigenvalue weighted by molar-refractivity contribution is 9.10. The Kier molecular flexibility index (Phi) is 6.93. The van der Waals surface area contributed by atoms with Gasteiger partial charge in [-0.1, -0.05) is 29.8 Å². The van der Waals surface area contributed by atoms with E-state index in [1.165, 1.54) is 0 Å². The van der Waals surface area contributed by atoms with Crippen LogP contribution in [0.2, 0.25) is 5.02 Å². The van der Waals surface area contributed by atoms with Gasteiger partial charge in [0.05, 0.1) is 11.6 Å². The van der Waals surface area contributed by atoms with E-state index in [9.17, 15) is 4.79 Å². The number of nitrogens with one attached hydrogen (secondary N) is 1. The zero-order valence-corrected chi connectivity index (χ0v) is 15.3. The van der Waals surface area contributed by atoms with Crippen molar-refractivity contribution in [2.45, 2.75) is 19.3 Å². The molecule has 0 aliphatic heterocycles. The van der Waals surface area contributed by atoms with E-state index in [4.69, 9.17) is 16.3 Å². The SMILES string of the molecule is COc1ccc(CCC(=O)NCCc2ccc(Cl)cc2)cc1Br. The summed E-state index contributed by atoms with van der Waals surface area (Å²) in [6.45, 7) is 0.632. The zero-order valence-electron chi connectivity index (χ0n) is 12.9. The van der Waals surface area contributed by atoms with Gasteiger partial charge in [0.2, 0.25) is 5.91 Å². The molecule has 23 heavy (non-hydrogen) atoms. The second kappa shape index (κ2) is 8.94. The van der Waals surface area contributed by atoms with Gasteiger partial charge in [0.15, 0.2) is 0 Å². The molecule has 0 aliphatic rings. The Labute approximate surface area is 150 Å². The summed E-state index contributed by atoms with van der Waals surface area (Å²) in [5.41, 5.74) is 2.26. The van der Waals surface area contributed by atoms with Gasteiger partial charge in [-0.2, -0.15) is 0 Å². The fourth-order valence-electron chi connectivity index (χ4n) is 2.21. The van der Waals surface area contributed by atoms with Crippen molar-refractivity contribution in [1.82, 2.24) is 5.32 Å². The number of hydrogen-bond acceptors (Lipinski definition) is 2. The molecular formula is C18H19BrClNO2. The Morgan fingerprint density at radius 1 is 1.13 bits per heavy atom. The number of rotatable bonds is 7. The van der Waals surface area contributed by atoms with Crippen LogP contribution >= 0.6 is 27.5 Å². The summed E-state index contributed by atoms with van der Waals surface area (Å²) in [5.74, 6) is 0.854. The van der Waals surface area contributed by atoms with Crippen molar-refractivity contribution in [1.29, 1.82) is 0 Å². The number of halogens is 2. The highest BCUT2D eigenvalue weighted by Crippen LogP contribution is 2.25. The van der Waals surface area contributed by atoms with Gasteiger partial charge in [0.25, 0.3) is 0 Å². The molecule has 0 fully saturated rings. The lowest BCUT2D eigenvalue weighted by molar-refractivity contribution is -0.121. The van der Waals surface area contributed by atoms with Crippen LogP contribution in [-0.2, 0) is 17.6 Å². The molecule has 1 amide bonds. The standard InChI is InChI=1S/C18H19BrClNO2/c1-23-17-8-4-14(12-16(17)19)5-9-18(22)21-11-10-13-2-6-15(20)7-3-13/h2-4,6-8,12H,5,9-11H2,1H3,(H,21,22). The third-order valence-electron chi connectivity index (χ3n) is 3.51. The first-order valence-corrected chi connectivity index (χ1v) is 8.59. The first kappa shape index (κ1) is 17.8. The minimum atomic E-state index is 0.0610. The minimum absolute atomic E-state index is 0.0610. The van der Waals surface area contributed by atoms with Crippen molar-refractivity contribution >= 4 is 33.4 Å². The molecule has 1 N–H and O–H groups in total. The normalized spacial score (nSPS) is 10.4. The third-order valence-corrected chi connectivity index (χ3v) is 4.38. The molecule has 0 radical (unpaired) electrons. The Hall–Kier alpha value is -1.52. The van der Waals surface area contributed by atoms with E-state index in [2.05, 4.69) is 21.2 Å². The first-order valence-electron chi connectivity index (χ1n) is 7.42. The van der Waals surface area contributed by atoms with Gasteiger partial charge in [-0.25, -0.2) is 0 Å². The lowest BCUT2D eigenvalue weighted by Gasteiger charge is -2.07. The molecule has 3 nitrogen and oxygen atoms in total. The molecule has 2 rings (SSSR count). The second-order valence-electron chi connectivity index (χ2n) is 5.20. The molecule has 2 aromatic carbocycles. The number of hydrogen-bond donors (Lipinski definition) is 1. The van der Waals surface area contributed by atoms with Crippen LogP contribution < -0.4 is 10.1 Å². The topological polar surface area (TPSA) is 38.3 Å². The Morgan fingerprint density at radius 3 is 2.48 bits per heavy atom. The summed E-state index contributed by atoms with van der Waals surface area (Å²) in [4.78, 5) is 11.9. The molecule has 0 bridgehead atoms. The lowest BCUT2D eigenvalue weighted by atomic mass is 10.1. The monoisotopic (exact) mass is 395 g/mol. The van der Waals surface area contributed by atoms with Crippen LogP contribution in [0.25, 0.3) is 0 Å². The second-order valence-corrected chi connectivity index (χ2v) is 6.49. The molecule has 2 aromatic rings. The number of amides is 1. The van der Waals surface area contributed by atoms with Crippen molar-refractivity contribution in [2.24, 2.45) is 0 Å². The fraction of sp³-hybridized carbons (Fsp3) is 0.278. The summed E-state index contributed by atoms with van der Waals surface area (Å²) in [5, 5.41) is 3.67. The molecule has 0 saturated heterocycles. The average Bonchev–Trinajstić information content (AvgIpc) is 2.55. The number of aryl methyl sites for hydroxylation is 1. The Balaban J connectivity index is 1.72. The van der Waals surface area contributed by atoms with E-state index in [-0.39, 0.29) is 5.91 Å². The largest absolute Gasteiger partial charge is 0.496 e. The van der Waals surface area contributed by atoms with Gasteiger partial charge >= 0.3 is 0 Å². The van der Waals surface area contributed by atoms with Crippen LogP contribution in [0.4, 0.5) is 0 Å². The van der Waals surface area contributed by atoms with E-state index >= 15 is 0 Å². The molecule has 0 spiro atoms. The van der Waals surface area contributed by atoms with Crippen molar-refractivity contribution < 1.29 is 9.53 Å². The number of ether oxygens (including phenoxy) is 1. The van der Waals surface area contributed by atoms with Crippen LogP contribution in [0.1, 0.15) is 17.5 Å². The van der Waals surface area contributed by atoms with Gasteiger partial charge in [-0.05, 0) is 64.2 Å². The number of benzene rings is 2. The summed E-state index contributed by atoms with van der Waals surface area (Å²) < 4.78 is 6.10. The third kappa shape index (κ3) is 5.88. The smallest absolute Gasteiger partial charge is 0.220 e. The highest BCUT2D eigenvalue weighted by Gasteiger charge is 2.05. The van der Waals surface area contributed by atoms with E-state index in [1.807, 2.05) is 42.5 Å². The zero-order chi connectivity index (χ0) is 16.7. The Morgan fingerprint density at radius 2 is 1.83 bits per heavy atom. The molecular weight excluding hydrogens is 378 g/mol. The average molecular weight is 397 g/mol. The van der Waals surface area contributed by atoms with E-state index in [1.54, 1.807) is 7.11 Å². The molecule has 0 saturated carbocycles. The van der Waals surface area contributed by atoms with Crippen molar-refractivity contribution in [3.63, 3.8) is 0 Å². The maximum Gasteiger partial charge on any atom is 0.220 e. The molecule has 0 atom stereocenters. The summed E-state index contributed by atoms with van der Waals surface area (Å²) in [6, 6.07) is 13.5. The Bertz CT molecular complexity index is 659. The van der Waals surface area contributed by atoms with E-state index in [0.29, 0.717) is 19.4 Å². The number of carbonyl (C=O) groups is 1. The van der Waals surface area contributed by atoms with E-state index in [0.717, 1.165) is 32.8 Å². The van der Waals surface area contributed by atoms with Gasteiger partial charge in [-0.15, -0.1) is 0 Å². The minimum Gasteiger partial charge on any atom is -0.496 e. The van der Waals surface area contributed by atoms with Crippen molar-refractivity contribution in [2.75, 3.05) is 13.7 Å². The van der Waals surface area contributed by atoms with Crippen molar-refractivity contribution in [3.05, 3.63) is 63.1 Å². The maximum absolute atomic E-state index is 11.9. The predicted molar refractivity (Wildman–Crippen MR) is 97.2 cm³/mol. The van der Waals surface area contributed by atoms with E-state index < -0.39 is 0 Å². The highest BCUT2D eigenvalue weighted by atomic mass is 79.9. The van der Waals surface area contributed by atoms with Crippen molar-refractivity contribution in [3.8, 4) is 5.75 Å². The number of carbonyl (C=O) groups excluding carboxylic acids is 1. The van der Waals surface area contributed by atoms with Crippen LogP contribution in [0, 0.1) is 0 Å². The number of methoxy groups -OCH3 is 1. The van der Waals surface area contributed by atoms with Crippen LogP contribution in [0.5, 0.6) is 5.75 Å². The van der Waals surface area contributed by atoms with Gasteiger partial charge in [0, 0.05) is 18.0 Å². The first-order chi connectivity index (χ1) is 11.1. The molecule has 0 heterocycles. The molecule has 5 heteroatoms. The lowest BCUT2D eigenvalue weighted by Crippen LogP contribution is -2.25. The molecule has 122 valence electrons. The maximum atomic E-state index is 11.9. The van der Waals surface area contributed by atoms with Crippen LogP contribution in [0.3, 0.4) is 0 Å². The quantitative estimate of drug-likeness (QED) is 0.753. The fourth-order valence-corrected chi connectivity index (χ4v) is 2.92. The van der Waals surface area contributed by atoms with Gasteiger partial charge in [-0.3, -0.25) is 4.79 Å². The molecule has 0 unspecified atom stereocenters.